The molecule has 8 heteroatoms. The van der Waals surface area contributed by atoms with Gasteiger partial charge >= 0.3 is 0 Å². The fourth-order valence-electron chi connectivity index (χ4n) is 3.24. The van der Waals surface area contributed by atoms with Gasteiger partial charge in [-0.2, -0.15) is 0 Å². The summed E-state index contributed by atoms with van der Waals surface area (Å²) in [6.07, 6.45) is 1.69. The summed E-state index contributed by atoms with van der Waals surface area (Å²) >= 11 is 11.5. The second kappa shape index (κ2) is 9.38. The number of hydrogen-bond acceptors (Lipinski definition) is 4. The standard InChI is InChI=1S/C24H18ClFN2O3S/c1-30-21-11-6-15(12-16(21)14-31-22-5-3-2-4-19(22)25)13-20-23(29)28(24(32)27-20)18-9-7-17(26)8-10-18/h2-13H,14H2,1H3,(H,27,32)/b20-13+. The van der Waals surface area contributed by atoms with Crippen molar-refractivity contribution in [1.82, 2.24) is 5.32 Å². The summed E-state index contributed by atoms with van der Waals surface area (Å²) in [5, 5.41) is 3.66. The van der Waals surface area contributed by atoms with Gasteiger partial charge in [0.05, 0.1) is 17.8 Å². The maximum absolute atomic E-state index is 13.2. The maximum atomic E-state index is 13.2. The number of carbonyl (C=O) groups is 1. The van der Waals surface area contributed by atoms with Crippen LogP contribution in [0.3, 0.4) is 0 Å². The summed E-state index contributed by atoms with van der Waals surface area (Å²) in [5.41, 5.74) is 2.33. The Morgan fingerprint density at radius 2 is 1.84 bits per heavy atom. The topological polar surface area (TPSA) is 50.8 Å². The van der Waals surface area contributed by atoms with Crippen molar-refractivity contribution >= 4 is 46.6 Å². The first-order chi connectivity index (χ1) is 15.5. The van der Waals surface area contributed by atoms with E-state index in [9.17, 15) is 9.18 Å². The van der Waals surface area contributed by atoms with Crippen LogP contribution in [0.4, 0.5) is 10.1 Å². The highest BCUT2D eigenvalue weighted by Crippen LogP contribution is 2.28. The summed E-state index contributed by atoms with van der Waals surface area (Å²) in [6.45, 7) is 0.228. The van der Waals surface area contributed by atoms with Crippen molar-refractivity contribution in [3.8, 4) is 11.5 Å². The highest BCUT2D eigenvalue weighted by molar-refractivity contribution is 7.80. The Morgan fingerprint density at radius 1 is 1.09 bits per heavy atom. The van der Waals surface area contributed by atoms with Crippen LogP contribution in [0.1, 0.15) is 11.1 Å². The van der Waals surface area contributed by atoms with Gasteiger partial charge in [-0.15, -0.1) is 0 Å². The van der Waals surface area contributed by atoms with Gasteiger partial charge in [0, 0.05) is 5.56 Å². The van der Waals surface area contributed by atoms with Crippen LogP contribution in [0.2, 0.25) is 5.02 Å². The molecular formula is C24H18ClFN2O3S. The van der Waals surface area contributed by atoms with E-state index in [2.05, 4.69) is 5.32 Å². The van der Waals surface area contributed by atoms with Crippen LogP contribution >= 0.6 is 23.8 Å². The van der Waals surface area contributed by atoms with Gasteiger partial charge in [-0.05, 0) is 72.4 Å². The van der Waals surface area contributed by atoms with Gasteiger partial charge in [0.2, 0.25) is 0 Å². The van der Waals surface area contributed by atoms with Crippen molar-refractivity contribution in [2.75, 3.05) is 12.0 Å². The SMILES string of the molecule is COc1ccc(/C=C2/NC(=S)N(c3ccc(F)cc3)C2=O)cc1COc1ccccc1Cl. The molecule has 0 saturated carbocycles. The number of rotatable bonds is 6. The number of carbonyl (C=O) groups excluding carboxylic acids is 1. The zero-order valence-corrected chi connectivity index (χ0v) is 18.5. The van der Waals surface area contributed by atoms with Crippen molar-refractivity contribution in [2.45, 2.75) is 6.61 Å². The summed E-state index contributed by atoms with van der Waals surface area (Å²) in [6, 6.07) is 18.2. The minimum absolute atomic E-state index is 0.226. The normalized spacial score (nSPS) is 14.6. The van der Waals surface area contributed by atoms with Crippen molar-refractivity contribution in [3.05, 3.63) is 94.4 Å². The Hall–Kier alpha value is -3.42. The van der Waals surface area contributed by atoms with E-state index in [1.165, 1.54) is 29.2 Å². The Balaban J connectivity index is 1.57. The number of thiocarbonyl (C=S) groups is 1. The van der Waals surface area contributed by atoms with Gasteiger partial charge in [-0.1, -0.05) is 29.8 Å². The van der Waals surface area contributed by atoms with Crippen LogP contribution in [0.25, 0.3) is 6.08 Å². The molecule has 0 radical (unpaired) electrons. The third-order valence-corrected chi connectivity index (χ3v) is 5.40. The first-order valence-electron chi connectivity index (χ1n) is 9.63. The third kappa shape index (κ3) is 4.59. The first kappa shape index (κ1) is 21.8. The van der Waals surface area contributed by atoms with Gasteiger partial charge in [0.15, 0.2) is 5.11 Å². The van der Waals surface area contributed by atoms with E-state index in [1.807, 2.05) is 24.3 Å². The lowest BCUT2D eigenvalue weighted by molar-refractivity contribution is -0.113. The van der Waals surface area contributed by atoms with E-state index in [1.54, 1.807) is 31.4 Å². The van der Waals surface area contributed by atoms with Crippen LogP contribution in [0.5, 0.6) is 11.5 Å². The predicted molar refractivity (Wildman–Crippen MR) is 126 cm³/mol. The van der Waals surface area contributed by atoms with Crippen LogP contribution in [-0.4, -0.2) is 18.1 Å². The lowest BCUT2D eigenvalue weighted by Gasteiger charge is -2.13. The molecule has 0 bridgehead atoms. The first-order valence-corrected chi connectivity index (χ1v) is 10.4. The minimum atomic E-state index is -0.389. The Morgan fingerprint density at radius 3 is 2.56 bits per heavy atom. The van der Waals surface area contributed by atoms with E-state index < -0.39 is 0 Å². The molecule has 1 amide bonds. The summed E-state index contributed by atoms with van der Waals surface area (Å²) < 4.78 is 24.5. The fourth-order valence-corrected chi connectivity index (χ4v) is 3.73. The molecule has 1 heterocycles. The van der Waals surface area contributed by atoms with Crippen LogP contribution in [0, 0.1) is 5.82 Å². The number of methoxy groups -OCH3 is 1. The van der Waals surface area contributed by atoms with E-state index in [0.717, 1.165) is 11.1 Å². The predicted octanol–water partition coefficient (Wildman–Crippen LogP) is 5.33. The van der Waals surface area contributed by atoms with Crippen LogP contribution in [-0.2, 0) is 11.4 Å². The molecule has 0 aromatic heterocycles. The number of amides is 1. The van der Waals surface area contributed by atoms with Gasteiger partial charge in [-0.3, -0.25) is 9.69 Å². The second-order valence-corrected chi connectivity index (χ2v) is 7.69. The van der Waals surface area contributed by atoms with E-state index in [4.69, 9.17) is 33.3 Å². The molecule has 4 rings (SSSR count). The van der Waals surface area contributed by atoms with Crippen LogP contribution in [0.15, 0.2) is 72.4 Å². The highest BCUT2D eigenvalue weighted by atomic mass is 35.5. The molecular weight excluding hydrogens is 451 g/mol. The molecule has 3 aromatic carbocycles. The number of anilines is 1. The van der Waals surface area contributed by atoms with E-state index >= 15 is 0 Å². The number of nitrogens with zero attached hydrogens (tertiary/aromatic N) is 1. The number of hydrogen-bond donors (Lipinski definition) is 1. The number of para-hydroxylation sites is 1. The zero-order valence-electron chi connectivity index (χ0n) is 17.0. The number of nitrogens with one attached hydrogen (secondary N) is 1. The van der Waals surface area contributed by atoms with Gasteiger partial charge < -0.3 is 14.8 Å². The molecule has 1 saturated heterocycles. The average molecular weight is 469 g/mol. The molecule has 162 valence electrons. The van der Waals surface area contributed by atoms with E-state index in [-0.39, 0.29) is 23.4 Å². The molecule has 0 aliphatic carbocycles. The quantitative estimate of drug-likeness (QED) is 0.391. The number of benzene rings is 3. The smallest absolute Gasteiger partial charge is 0.281 e. The number of halogens is 2. The van der Waals surface area contributed by atoms with Crippen molar-refractivity contribution < 1.29 is 18.7 Å². The maximum Gasteiger partial charge on any atom is 0.281 e. The average Bonchev–Trinajstić information content (AvgIpc) is 3.07. The van der Waals surface area contributed by atoms with Crippen molar-refractivity contribution in [2.24, 2.45) is 0 Å². The summed E-state index contributed by atoms with van der Waals surface area (Å²) in [7, 11) is 1.58. The fraction of sp³-hybridized carbons (Fsp3) is 0.0833. The largest absolute Gasteiger partial charge is 0.496 e. The Kier molecular flexibility index (Phi) is 6.39. The summed E-state index contributed by atoms with van der Waals surface area (Å²) in [5.74, 6) is 0.493. The van der Waals surface area contributed by atoms with Crippen molar-refractivity contribution in [1.29, 1.82) is 0 Å². The molecule has 3 aromatic rings. The summed E-state index contributed by atoms with van der Waals surface area (Å²) in [4.78, 5) is 14.2. The zero-order chi connectivity index (χ0) is 22.7. The lowest BCUT2D eigenvalue weighted by Crippen LogP contribution is -2.30. The molecule has 1 aliphatic heterocycles. The third-order valence-electron chi connectivity index (χ3n) is 4.80. The van der Waals surface area contributed by atoms with Gasteiger partial charge in [-0.25, -0.2) is 4.39 Å². The molecule has 32 heavy (non-hydrogen) atoms. The van der Waals surface area contributed by atoms with E-state index in [0.29, 0.717) is 27.9 Å². The Bertz CT molecular complexity index is 1210. The molecule has 1 N–H and O–H groups in total. The van der Waals surface area contributed by atoms with Crippen molar-refractivity contribution in [3.63, 3.8) is 0 Å². The molecule has 0 unspecified atom stereocenters. The monoisotopic (exact) mass is 468 g/mol. The molecule has 1 fully saturated rings. The van der Waals surface area contributed by atoms with Gasteiger partial charge in [0.1, 0.15) is 29.6 Å². The molecule has 5 nitrogen and oxygen atoms in total. The lowest BCUT2D eigenvalue weighted by atomic mass is 10.1. The second-order valence-electron chi connectivity index (χ2n) is 6.90. The minimum Gasteiger partial charge on any atom is -0.496 e. The highest BCUT2D eigenvalue weighted by Gasteiger charge is 2.32. The molecule has 0 atom stereocenters. The Labute approximate surface area is 195 Å². The molecule has 1 aliphatic rings. The number of ether oxygens (including phenoxy) is 2. The van der Waals surface area contributed by atoms with Crippen LogP contribution < -0.4 is 19.7 Å². The van der Waals surface area contributed by atoms with Gasteiger partial charge in [0.25, 0.3) is 5.91 Å². The molecule has 0 spiro atoms.